The fourth-order valence-corrected chi connectivity index (χ4v) is 1.65. The molecule has 0 fully saturated rings. The largest absolute Gasteiger partial charge is 0.489 e. The molecule has 0 aliphatic rings. The van der Waals surface area contributed by atoms with Crippen molar-refractivity contribution in [1.82, 2.24) is 5.43 Å². The maximum absolute atomic E-state index is 13.0. The molecule has 0 bridgehead atoms. The second-order valence-electron chi connectivity index (χ2n) is 4.37. The number of nitrogens with zero attached hydrogens (tertiary/aromatic N) is 1. The van der Waals surface area contributed by atoms with Crippen LogP contribution in [0.25, 0.3) is 0 Å². The van der Waals surface area contributed by atoms with Crippen molar-refractivity contribution in [3.63, 3.8) is 0 Å². The Hall–Kier alpha value is -2.96. The summed E-state index contributed by atoms with van der Waals surface area (Å²) in [4.78, 5) is 10.4. The Morgan fingerprint density at radius 2 is 1.82 bits per heavy atom. The highest BCUT2D eigenvalue weighted by Crippen LogP contribution is 2.17. The number of hydrazone groups is 1. The zero-order chi connectivity index (χ0) is 15.9. The van der Waals surface area contributed by atoms with Crippen LogP contribution in [0, 0.1) is 11.6 Å². The van der Waals surface area contributed by atoms with Crippen LogP contribution in [0.4, 0.5) is 13.6 Å². The SMILES string of the molecule is NC(=O)NN=Cc1ccc(COc2cc(F)cc(F)c2)cc1. The summed E-state index contributed by atoms with van der Waals surface area (Å²) >= 11 is 0. The zero-order valence-electron chi connectivity index (χ0n) is 11.4. The van der Waals surface area contributed by atoms with E-state index in [-0.39, 0.29) is 12.4 Å². The molecule has 0 aromatic heterocycles. The number of hydrogen-bond donors (Lipinski definition) is 2. The van der Waals surface area contributed by atoms with E-state index in [0.29, 0.717) is 0 Å². The van der Waals surface area contributed by atoms with E-state index in [0.717, 1.165) is 29.3 Å². The highest BCUT2D eigenvalue weighted by atomic mass is 19.1. The summed E-state index contributed by atoms with van der Waals surface area (Å²) in [7, 11) is 0. The standard InChI is InChI=1S/C15H13F2N3O2/c16-12-5-13(17)7-14(6-12)22-9-11-3-1-10(2-4-11)8-19-20-15(18)21/h1-8H,9H2,(H3,18,20,21). The van der Waals surface area contributed by atoms with Gasteiger partial charge >= 0.3 is 6.03 Å². The average Bonchev–Trinajstić information content (AvgIpc) is 2.45. The van der Waals surface area contributed by atoms with Crippen molar-refractivity contribution in [2.45, 2.75) is 6.61 Å². The average molecular weight is 305 g/mol. The van der Waals surface area contributed by atoms with E-state index in [4.69, 9.17) is 10.5 Å². The van der Waals surface area contributed by atoms with Crippen LogP contribution in [0.15, 0.2) is 47.6 Å². The minimum atomic E-state index is -0.747. The van der Waals surface area contributed by atoms with E-state index in [1.54, 1.807) is 24.3 Å². The molecule has 114 valence electrons. The van der Waals surface area contributed by atoms with E-state index in [1.807, 2.05) is 0 Å². The van der Waals surface area contributed by atoms with Crippen LogP contribution in [0.5, 0.6) is 5.75 Å². The fourth-order valence-electron chi connectivity index (χ4n) is 1.65. The first-order valence-corrected chi connectivity index (χ1v) is 6.29. The third kappa shape index (κ3) is 4.86. The maximum atomic E-state index is 13.0. The smallest absolute Gasteiger partial charge is 0.332 e. The Balaban J connectivity index is 1.93. The second-order valence-corrected chi connectivity index (χ2v) is 4.37. The molecular weight excluding hydrogens is 292 g/mol. The highest BCUT2D eigenvalue weighted by molar-refractivity contribution is 5.81. The molecule has 2 aromatic rings. The topological polar surface area (TPSA) is 76.7 Å². The predicted octanol–water partition coefficient (Wildman–Crippen LogP) is 2.55. The van der Waals surface area contributed by atoms with Gasteiger partial charge in [0, 0.05) is 18.2 Å². The highest BCUT2D eigenvalue weighted by Gasteiger charge is 2.02. The first-order chi connectivity index (χ1) is 10.5. The quantitative estimate of drug-likeness (QED) is 0.658. The van der Waals surface area contributed by atoms with Gasteiger partial charge in [-0.1, -0.05) is 24.3 Å². The number of urea groups is 1. The number of nitrogens with one attached hydrogen (secondary N) is 1. The monoisotopic (exact) mass is 305 g/mol. The second kappa shape index (κ2) is 7.16. The lowest BCUT2D eigenvalue weighted by Gasteiger charge is -2.07. The van der Waals surface area contributed by atoms with Gasteiger partial charge in [0.25, 0.3) is 0 Å². The number of primary amides is 1. The number of amides is 2. The summed E-state index contributed by atoms with van der Waals surface area (Å²) in [6.07, 6.45) is 1.43. The number of hydrogen-bond acceptors (Lipinski definition) is 3. The Morgan fingerprint density at radius 3 is 2.41 bits per heavy atom. The molecule has 2 rings (SSSR count). The van der Waals surface area contributed by atoms with Crippen LogP contribution in [-0.2, 0) is 6.61 Å². The van der Waals surface area contributed by atoms with Gasteiger partial charge in [0.2, 0.25) is 0 Å². The zero-order valence-corrected chi connectivity index (χ0v) is 11.4. The summed E-state index contributed by atoms with van der Waals surface area (Å²) in [5, 5.41) is 3.62. The minimum Gasteiger partial charge on any atom is -0.489 e. The van der Waals surface area contributed by atoms with E-state index in [2.05, 4.69) is 10.5 Å². The van der Waals surface area contributed by atoms with Gasteiger partial charge in [0.15, 0.2) is 0 Å². The third-order valence-corrected chi connectivity index (χ3v) is 2.61. The summed E-state index contributed by atoms with van der Waals surface area (Å²) in [5.41, 5.74) is 8.50. The number of rotatable bonds is 5. The number of halogens is 2. The van der Waals surface area contributed by atoms with Crippen molar-refractivity contribution in [3.05, 3.63) is 65.2 Å². The van der Waals surface area contributed by atoms with Crippen molar-refractivity contribution in [2.75, 3.05) is 0 Å². The lowest BCUT2D eigenvalue weighted by atomic mass is 10.1. The molecule has 0 saturated carbocycles. The van der Waals surface area contributed by atoms with Gasteiger partial charge in [0.05, 0.1) is 6.21 Å². The molecule has 0 heterocycles. The molecule has 0 atom stereocenters. The van der Waals surface area contributed by atoms with Gasteiger partial charge < -0.3 is 10.5 Å². The van der Waals surface area contributed by atoms with Crippen molar-refractivity contribution in [2.24, 2.45) is 10.8 Å². The first-order valence-electron chi connectivity index (χ1n) is 6.29. The Labute approximate surface area is 125 Å². The normalized spacial score (nSPS) is 10.6. The van der Waals surface area contributed by atoms with Crippen LogP contribution in [0.1, 0.15) is 11.1 Å². The molecule has 0 aliphatic heterocycles. The third-order valence-electron chi connectivity index (χ3n) is 2.61. The van der Waals surface area contributed by atoms with Gasteiger partial charge in [-0.05, 0) is 11.1 Å². The van der Waals surface area contributed by atoms with E-state index in [9.17, 15) is 13.6 Å². The van der Waals surface area contributed by atoms with Crippen LogP contribution in [-0.4, -0.2) is 12.2 Å². The number of nitrogens with two attached hydrogens (primary N) is 1. The van der Waals surface area contributed by atoms with Gasteiger partial charge in [-0.15, -0.1) is 0 Å². The Bertz CT molecular complexity index is 667. The molecule has 0 spiro atoms. The molecular formula is C15H13F2N3O2. The first kappa shape index (κ1) is 15.4. The number of carbonyl (C=O) groups is 1. The molecule has 2 amide bonds. The fraction of sp³-hybridized carbons (Fsp3) is 0.0667. The molecule has 22 heavy (non-hydrogen) atoms. The summed E-state index contributed by atoms with van der Waals surface area (Å²) in [6.45, 7) is 0.167. The summed E-state index contributed by atoms with van der Waals surface area (Å²) < 4.78 is 31.3. The van der Waals surface area contributed by atoms with Crippen molar-refractivity contribution in [1.29, 1.82) is 0 Å². The maximum Gasteiger partial charge on any atom is 0.332 e. The van der Waals surface area contributed by atoms with Crippen LogP contribution >= 0.6 is 0 Å². The van der Waals surface area contributed by atoms with Crippen LogP contribution < -0.4 is 15.9 Å². The predicted molar refractivity (Wildman–Crippen MR) is 77.4 cm³/mol. The molecule has 7 heteroatoms. The molecule has 0 saturated heterocycles. The molecule has 2 aromatic carbocycles. The van der Waals surface area contributed by atoms with Crippen LogP contribution in [0.3, 0.4) is 0 Å². The number of ether oxygens (including phenoxy) is 1. The number of carbonyl (C=O) groups excluding carboxylic acids is 1. The van der Waals surface area contributed by atoms with E-state index < -0.39 is 17.7 Å². The lowest BCUT2D eigenvalue weighted by Crippen LogP contribution is -2.24. The number of benzene rings is 2. The Morgan fingerprint density at radius 1 is 1.18 bits per heavy atom. The minimum absolute atomic E-state index is 0.119. The van der Waals surface area contributed by atoms with Crippen molar-refractivity contribution < 1.29 is 18.3 Å². The van der Waals surface area contributed by atoms with Crippen molar-refractivity contribution in [3.8, 4) is 5.75 Å². The van der Waals surface area contributed by atoms with Gasteiger partial charge in [-0.2, -0.15) is 5.10 Å². The lowest BCUT2D eigenvalue weighted by molar-refractivity contribution is 0.249. The van der Waals surface area contributed by atoms with Crippen LogP contribution in [0.2, 0.25) is 0 Å². The molecule has 0 radical (unpaired) electrons. The summed E-state index contributed by atoms with van der Waals surface area (Å²) in [5.74, 6) is -1.26. The van der Waals surface area contributed by atoms with Crippen molar-refractivity contribution >= 4 is 12.2 Å². The van der Waals surface area contributed by atoms with Gasteiger partial charge in [0.1, 0.15) is 24.0 Å². The molecule has 0 unspecified atom stereocenters. The molecule has 5 nitrogen and oxygen atoms in total. The van der Waals surface area contributed by atoms with E-state index >= 15 is 0 Å². The van der Waals surface area contributed by atoms with Gasteiger partial charge in [-0.3, -0.25) is 0 Å². The summed E-state index contributed by atoms with van der Waals surface area (Å²) in [6, 6.07) is 9.28. The van der Waals surface area contributed by atoms with E-state index in [1.165, 1.54) is 6.21 Å². The molecule has 3 N–H and O–H groups in total. The molecule has 0 aliphatic carbocycles. The van der Waals surface area contributed by atoms with Gasteiger partial charge in [-0.25, -0.2) is 19.0 Å². The Kier molecular flexibility index (Phi) is 5.02.